The van der Waals surface area contributed by atoms with Crippen molar-refractivity contribution in [3.8, 4) is 11.3 Å². The van der Waals surface area contributed by atoms with Crippen LogP contribution >= 0.6 is 15.9 Å². The lowest BCUT2D eigenvalue weighted by atomic mass is 10.1. The molecule has 4 nitrogen and oxygen atoms in total. The van der Waals surface area contributed by atoms with Gasteiger partial charge in [0.05, 0.1) is 17.9 Å². The normalized spacial score (nSPS) is 20.2. The van der Waals surface area contributed by atoms with Crippen LogP contribution in [0.1, 0.15) is 25.3 Å². The van der Waals surface area contributed by atoms with Crippen LogP contribution in [-0.4, -0.2) is 28.1 Å². The van der Waals surface area contributed by atoms with Gasteiger partial charge in [-0.05, 0) is 44.5 Å². The molecule has 0 amide bonds. The van der Waals surface area contributed by atoms with E-state index in [0.717, 1.165) is 29.7 Å². The molecule has 5 heteroatoms. The van der Waals surface area contributed by atoms with Crippen molar-refractivity contribution in [1.29, 1.82) is 0 Å². The molecule has 1 atom stereocenters. The second-order valence-corrected chi connectivity index (χ2v) is 5.82. The largest absolute Gasteiger partial charge is 0.317 e. The molecule has 1 unspecified atom stereocenters. The Morgan fingerprint density at radius 3 is 2.84 bits per heavy atom. The maximum absolute atomic E-state index is 4.31. The predicted molar refractivity (Wildman–Crippen MR) is 78.9 cm³/mol. The zero-order valence-electron chi connectivity index (χ0n) is 10.7. The van der Waals surface area contributed by atoms with Gasteiger partial charge in [-0.15, -0.1) is 5.10 Å². The highest BCUT2D eigenvalue weighted by atomic mass is 79.9. The summed E-state index contributed by atoms with van der Waals surface area (Å²) in [5, 5.41) is 11.9. The Balaban J connectivity index is 1.90. The average molecular weight is 321 g/mol. The van der Waals surface area contributed by atoms with Crippen molar-refractivity contribution in [3.05, 3.63) is 34.9 Å². The van der Waals surface area contributed by atoms with E-state index < -0.39 is 0 Å². The van der Waals surface area contributed by atoms with E-state index in [-0.39, 0.29) is 0 Å². The molecule has 1 aliphatic heterocycles. The fourth-order valence-electron chi connectivity index (χ4n) is 2.59. The van der Waals surface area contributed by atoms with Crippen molar-refractivity contribution in [1.82, 2.24) is 20.3 Å². The lowest BCUT2D eigenvalue weighted by Crippen LogP contribution is -2.16. The molecule has 0 radical (unpaired) electrons. The number of hydrogen-bond acceptors (Lipinski definition) is 3. The molecule has 2 heterocycles. The van der Waals surface area contributed by atoms with Crippen molar-refractivity contribution in [2.75, 3.05) is 13.1 Å². The fraction of sp³-hybridized carbons (Fsp3) is 0.429. The number of benzene rings is 1. The van der Waals surface area contributed by atoms with Crippen LogP contribution in [0.2, 0.25) is 0 Å². The van der Waals surface area contributed by atoms with Crippen molar-refractivity contribution in [2.24, 2.45) is 0 Å². The molecule has 100 valence electrons. The van der Waals surface area contributed by atoms with Gasteiger partial charge in [0.1, 0.15) is 0 Å². The van der Waals surface area contributed by atoms with E-state index in [1.165, 1.54) is 18.4 Å². The summed E-state index contributed by atoms with van der Waals surface area (Å²) in [4.78, 5) is 0. The maximum atomic E-state index is 4.31. The minimum absolute atomic E-state index is 0.455. The summed E-state index contributed by atoms with van der Waals surface area (Å²) in [5.41, 5.74) is 2.28. The summed E-state index contributed by atoms with van der Waals surface area (Å²) in [7, 11) is 0. The second kappa shape index (κ2) is 5.84. The van der Waals surface area contributed by atoms with Crippen LogP contribution in [0.3, 0.4) is 0 Å². The van der Waals surface area contributed by atoms with Crippen LogP contribution in [0.4, 0.5) is 0 Å². The molecule has 3 rings (SSSR count). The van der Waals surface area contributed by atoms with E-state index in [9.17, 15) is 0 Å². The summed E-state index contributed by atoms with van der Waals surface area (Å²) in [6, 6.07) is 8.78. The topological polar surface area (TPSA) is 42.7 Å². The van der Waals surface area contributed by atoms with Gasteiger partial charge >= 0.3 is 0 Å². The molecule has 1 aromatic carbocycles. The quantitative estimate of drug-likeness (QED) is 0.924. The predicted octanol–water partition coefficient (Wildman–Crippen LogP) is 3.02. The van der Waals surface area contributed by atoms with Crippen molar-refractivity contribution < 1.29 is 0 Å². The summed E-state index contributed by atoms with van der Waals surface area (Å²) in [6.45, 7) is 2.17. The van der Waals surface area contributed by atoms with Gasteiger partial charge in [-0.25, -0.2) is 4.68 Å². The number of nitrogens with zero attached hydrogens (tertiary/aromatic N) is 3. The van der Waals surface area contributed by atoms with Crippen LogP contribution in [0, 0.1) is 0 Å². The molecule has 1 fully saturated rings. The molecule has 0 bridgehead atoms. The van der Waals surface area contributed by atoms with Crippen LogP contribution in [-0.2, 0) is 0 Å². The SMILES string of the molecule is Brc1ccc(-c2cnnn2C2CCCNCC2)cc1. The first-order chi connectivity index (χ1) is 9.34. The molecule has 19 heavy (non-hydrogen) atoms. The van der Waals surface area contributed by atoms with E-state index in [0.29, 0.717) is 6.04 Å². The van der Waals surface area contributed by atoms with Gasteiger partial charge in [-0.1, -0.05) is 33.3 Å². The van der Waals surface area contributed by atoms with Crippen LogP contribution in [0.5, 0.6) is 0 Å². The van der Waals surface area contributed by atoms with Gasteiger partial charge < -0.3 is 5.32 Å². The molecule has 0 spiro atoms. The van der Waals surface area contributed by atoms with E-state index in [1.807, 2.05) is 6.20 Å². The summed E-state index contributed by atoms with van der Waals surface area (Å²) in [6.07, 6.45) is 5.35. The molecule has 1 saturated heterocycles. The molecule has 1 aliphatic rings. The first-order valence-electron chi connectivity index (χ1n) is 6.71. The third-order valence-corrected chi connectivity index (χ3v) is 4.13. The van der Waals surface area contributed by atoms with Crippen molar-refractivity contribution >= 4 is 15.9 Å². The summed E-state index contributed by atoms with van der Waals surface area (Å²) < 4.78 is 3.19. The van der Waals surface area contributed by atoms with E-state index in [4.69, 9.17) is 0 Å². The molecule has 1 N–H and O–H groups in total. The van der Waals surface area contributed by atoms with Crippen molar-refractivity contribution in [2.45, 2.75) is 25.3 Å². The third-order valence-electron chi connectivity index (χ3n) is 3.61. The van der Waals surface area contributed by atoms with Gasteiger partial charge in [-0.2, -0.15) is 0 Å². The number of halogens is 1. The highest BCUT2D eigenvalue weighted by molar-refractivity contribution is 9.10. The zero-order valence-corrected chi connectivity index (χ0v) is 12.3. The lowest BCUT2D eigenvalue weighted by molar-refractivity contribution is 0.408. The Bertz CT molecular complexity index is 527. The molecule has 0 aliphatic carbocycles. The van der Waals surface area contributed by atoms with E-state index in [2.05, 4.69) is 60.5 Å². The Morgan fingerprint density at radius 1 is 1.16 bits per heavy atom. The zero-order chi connectivity index (χ0) is 13.1. The number of nitrogens with one attached hydrogen (secondary N) is 1. The lowest BCUT2D eigenvalue weighted by Gasteiger charge is -2.16. The highest BCUT2D eigenvalue weighted by Gasteiger charge is 2.18. The molecular formula is C14H17BrN4. The number of aromatic nitrogens is 3. The van der Waals surface area contributed by atoms with Gasteiger partial charge in [0.2, 0.25) is 0 Å². The Labute approximate surface area is 121 Å². The number of hydrogen-bond donors (Lipinski definition) is 1. The second-order valence-electron chi connectivity index (χ2n) is 4.91. The summed E-state index contributed by atoms with van der Waals surface area (Å²) in [5.74, 6) is 0. The average Bonchev–Trinajstić information content (AvgIpc) is 2.75. The van der Waals surface area contributed by atoms with Crippen LogP contribution in [0.15, 0.2) is 34.9 Å². The minimum Gasteiger partial charge on any atom is -0.317 e. The molecule has 0 saturated carbocycles. The number of rotatable bonds is 2. The standard InChI is InChI=1S/C14H17BrN4/c15-12-5-3-11(4-6-12)14-10-17-18-19(14)13-2-1-8-16-9-7-13/h3-6,10,13,16H,1-2,7-9H2. The van der Waals surface area contributed by atoms with Gasteiger partial charge in [0, 0.05) is 10.0 Å². The Morgan fingerprint density at radius 2 is 2.00 bits per heavy atom. The monoisotopic (exact) mass is 320 g/mol. The van der Waals surface area contributed by atoms with E-state index in [1.54, 1.807) is 0 Å². The highest BCUT2D eigenvalue weighted by Crippen LogP contribution is 2.27. The van der Waals surface area contributed by atoms with E-state index >= 15 is 0 Å². The van der Waals surface area contributed by atoms with Crippen LogP contribution in [0.25, 0.3) is 11.3 Å². The third kappa shape index (κ3) is 2.87. The first kappa shape index (κ1) is 12.8. The molecule has 2 aromatic rings. The Hall–Kier alpha value is -1.20. The Kier molecular flexibility index (Phi) is 3.94. The smallest absolute Gasteiger partial charge is 0.0888 e. The van der Waals surface area contributed by atoms with Gasteiger partial charge in [0.25, 0.3) is 0 Å². The van der Waals surface area contributed by atoms with Gasteiger partial charge in [-0.3, -0.25) is 0 Å². The van der Waals surface area contributed by atoms with Crippen molar-refractivity contribution in [3.63, 3.8) is 0 Å². The van der Waals surface area contributed by atoms with Crippen LogP contribution < -0.4 is 5.32 Å². The fourth-order valence-corrected chi connectivity index (χ4v) is 2.85. The molecular weight excluding hydrogens is 304 g/mol. The minimum atomic E-state index is 0.455. The maximum Gasteiger partial charge on any atom is 0.0888 e. The first-order valence-corrected chi connectivity index (χ1v) is 7.51. The summed E-state index contributed by atoms with van der Waals surface area (Å²) >= 11 is 3.47. The van der Waals surface area contributed by atoms with Gasteiger partial charge in [0.15, 0.2) is 0 Å². The molecule has 1 aromatic heterocycles.